The van der Waals surface area contributed by atoms with E-state index in [1.807, 2.05) is 12.1 Å². The number of fused-ring (bicyclic) bond motifs is 1. The third-order valence-electron chi connectivity index (χ3n) is 3.49. The van der Waals surface area contributed by atoms with E-state index in [0.717, 1.165) is 18.6 Å². The minimum absolute atomic E-state index is 0.216. The Balaban J connectivity index is 1.61. The zero-order valence-corrected chi connectivity index (χ0v) is 16.3. The summed E-state index contributed by atoms with van der Waals surface area (Å²) < 4.78 is 5.04. The van der Waals surface area contributed by atoms with Gasteiger partial charge in [0, 0.05) is 11.3 Å². The lowest BCUT2D eigenvalue weighted by Crippen LogP contribution is -2.44. The molecule has 0 radical (unpaired) electrons. The number of nitrogens with one attached hydrogen (secondary N) is 2. The van der Waals surface area contributed by atoms with Crippen molar-refractivity contribution in [1.29, 1.82) is 0 Å². The lowest BCUT2D eigenvalue weighted by molar-refractivity contribution is -0.122. The zero-order valence-electron chi connectivity index (χ0n) is 15.5. The van der Waals surface area contributed by atoms with Gasteiger partial charge in [-0.25, -0.2) is 10.2 Å². The fourth-order valence-electron chi connectivity index (χ4n) is 2.32. The molecule has 0 aliphatic rings. The van der Waals surface area contributed by atoms with Crippen molar-refractivity contribution in [2.45, 2.75) is 50.5 Å². The van der Waals surface area contributed by atoms with Gasteiger partial charge in [0.1, 0.15) is 5.60 Å². The Labute approximate surface area is 158 Å². The normalized spacial score (nSPS) is 11.2. The van der Waals surface area contributed by atoms with E-state index >= 15 is 0 Å². The molecule has 0 aliphatic carbocycles. The molecule has 0 heterocycles. The van der Waals surface area contributed by atoms with Gasteiger partial charge in [-0.05, 0) is 62.3 Å². The lowest BCUT2D eigenvalue weighted by Gasteiger charge is -2.19. The molecule has 2 aromatic carbocycles. The predicted molar refractivity (Wildman–Crippen MR) is 106 cm³/mol. The third kappa shape index (κ3) is 7.35. The van der Waals surface area contributed by atoms with E-state index in [-0.39, 0.29) is 5.91 Å². The number of amides is 2. The van der Waals surface area contributed by atoms with E-state index in [0.29, 0.717) is 6.42 Å². The zero-order chi connectivity index (χ0) is 19.0. The number of hydrogen-bond donors (Lipinski definition) is 2. The molecular formula is C20H26N2O3S. The molecule has 26 heavy (non-hydrogen) atoms. The summed E-state index contributed by atoms with van der Waals surface area (Å²) in [6, 6.07) is 14.8. The Kier molecular flexibility index (Phi) is 7.33. The predicted octanol–water partition coefficient (Wildman–Crippen LogP) is 4.66. The summed E-state index contributed by atoms with van der Waals surface area (Å²) in [5.41, 5.74) is 4.03. The second kappa shape index (κ2) is 9.48. The molecule has 140 valence electrons. The van der Waals surface area contributed by atoms with Gasteiger partial charge in [-0.3, -0.25) is 10.2 Å². The number of carbonyl (C=O) groups is 2. The second-order valence-corrected chi connectivity index (χ2v) is 8.16. The van der Waals surface area contributed by atoms with Crippen LogP contribution in [0.4, 0.5) is 4.79 Å². The van der Waals surface area contributed by atoms with E-state index in [1.54, 1.807) is 32.5 Å². The average molecular weight is 375 g/mol. The molecule has 0 saturated carbocycles. The molecule has 0 saturated heterocycles. The number of unbranched alkanes of at least 4 members (excludes halogenated alkanes) is 1. The Morgan fingerprint density at radius 1 is 1.00 bits per heavy atom. The highest BCUT2D eigenvalue weighted by Crippen LogP contribution is 2.24. The van der Waals surface area contributed by atoms with Gasteiger partial charge in [0.25, 0.3) is 0 Å². The summed E-state index contributed by atoms with van der Waals surface area (Å²) in [5.74, 6) is 0.733. The van der Waals surface area contributed by atoms with Gasteiger partial charge in [0.2, 0.25) is 5.91 Å². The number of ether oxygens (including phenoxy) is 1. The van der Waals surface area contributed by atoms with Crippen LogP contribution in [0.2, 0.25) is 0 Å². The topological polar surface area (TPSA) is 67.4 Å². The summed E-state index contributed by atoms with van der Waals surface area (Å²) in [4.78, 5) is 24.4. The molecular weight excluding hydrogens is 348 g/mol. The molecule has 0 aliphatic heterocycles. The van der Waals surface area contributed by atoms with Gasteiger partial charge in [0.05, 0.1) is 0 Å². The maximum absolute atomic E-state index is 11.7. The number of rotatable bonds is 6. The largest absolute Gasteiger partial charge is 0.443 e. The van der Waals surface area contributed by atoms with E-state index in [2.05, 4.69) is 41.2 Å². The van der Waals surface area contributed by atoms with Gasteiger partial charge in [-0.15, -0.1) is 11.8 Å². The van der Waals surface area contributed by atoms with Crippen LogP contribution in [0.3, 0.4) is 0 Å². The monoisotopic (exact) mass is 374 g/mol. The van der Waals surface area contributed by atoms with Crippen LogP contribution in [-0.2, 0) is 9.53 Å². The molecule has 0 atom stereocenters. The third-order valence-corrected chi connectivity index (χ3v) is 4.57. The standard InChI is InChI=1S/C20H26N2O3S/c1-20(2,3)25-19(24)22-21-18(23)10-6-7-13-26-17-12-11-15-8-4-5-9-16(15)14-17/h4-5,8-9,11-12,14H,6-7,10,13H2,1-3H3,(H,21,23)(H,22,24). The molecule has 2 rings (SSSR count). The van der Waals surface area contributed by atoms with Crippen LogP contribution in [0, 0.1) is 0 Å². The smallest absolute Gasteiger partial charge is 0.426 e. The summed E-state index contributed by atoms with van der Waals surface area (Å²) in [6.07, 6.45) is 1.41. The van der Waals surface area contributed by atoms with Crippen molar-refractivity contribution >= 4 is 34.5 Å². The molecule has 0 fully saturated rings. The Morgan fingerprint density at radius 3 is 2.46 bits per heavy atom. The van der Waals surface area contributed by atoms with Crippen molar-refractivity contribution in [3.63, 3.8) is 0 Å². The quantitative estimate of drug-likeness (QED) is 0.438. The van der Waals surface area contributed by atoms with Crippen molar-refractivity contribution in [2.75, 3.05) is 5.75 Å². The maximum Gasteiger partial charge on any atom is 0.426 e. The molecule has 0 spiro atoms. The van der Waals surface area contributed by atoms with E-state index < -0.39 is 11.7 Å². The first-order chi connectivity index (χ1) is 12.3. The van der Waals surface area contributed by atoms with Crippen LogP contribution in [0.25, 0.3) is 10.8 Å². The first kappa shape index (κ1) is 20.1. The van der Waals surface area contributed by atoms with Gasteiger partial charge >= 0.3 is 6.09 Å². The molecule has 0 unspecified atom stereocenters. The molecule has 2 amide bonds. The van der Waals surface area contributed by atoms with E-state index in [4.69, 9.17) is 4.74 Å². The van der Waals surface area contributed by atoms with Crippen LogP contribution < -0.4 is 10.9 Å². The lowest BCUT2D eigenvalue weighted by atomic mass is 10.1. The van der Waals surface area contributed by atoms with Gasteiger partial charge < -0.3 is 4.74 Å². The Hall–Kier alpha value is -2.21. The molecule has 2 N–H and O–H groups in total. The van der Waals surface area contributed by atoms with Gasteiger partial charge in [-0.2, -0.15) is 0 Å². The molecule has 0 aromatic heterocycles. The number of thioether (sulfide) groups is 1. The number of hydrogen-bond acceptors (Lipinski definition) is 4. The van der Waals surface area contributed by atoms with Crippen LogP contribution in [0.1, 0.15) is 40.0 Å². The highest BCUT2D eigenvalue weighted by Gasteiger charge is 2.16. The number of hydrazine groups is 1. The average Bonchev–Trinajstić information content (AvgIpc) is 2.58. The maximum atomic E-state index is 11.7. The van der Waals surface area contributed by atoms with E-state index in [9.17, 15) is 9.59 Å². The fourth-order valence-corrected chi connectivity index (χ4v) is 3.28. The highest BCUT2D eigenvalue weighted by molar-refractivity contribution is 7.99. The van der Waals surface area contributed by atoms with Crippen molar-refractivity contribution in [1.82, 2.24) is 10.9 Å². The summed E-state index contributed by atoms with van der Waals surface area (Å²) >= 11 is 1.79. The SMILES string of the molecule is CC(C)(C)OC(=O)NNC(=O)CCCCSc1ccc2ccccc2c1. The van der Waals surface area contributed by atoms with Crippen molar-refractivity contribution < 1.29 is 14.3 Å². The van der Waals surface area contributed by atoms with Crippen molar-refractivity contribution in [2.24, 2.45) is 0 Å². The molecule has 6 heteroatoms. The Morgan fingerprint density at radius 2 is 1.73 bits per heavy atom. The van der Waals surface area contributed by atoms with Crippen molar-refractivity contribution in [3.8, 4) is 0 Å². The minimum Gasteiger partial charge on any atom is -0.443 e. The molecule has 5 nitrogen and oxygen atoms in total. The summed E-state index contributed by atoms with van der Waals surface area (Å²) in [6.45, 7) is 5.30. The van der Waals surface area contributed by atoms with Crippen LogP contribution in [0.15, 0.2) is 47.4 Å². The van der Waals surface area contributed by atoms with Crippen LogP contribution in [0.5, 0.6) is 0 Å². The fraction of sp³-hybridized carbons (Fsp3) is 0.400. The summed E-state index contributed by atoms with van der Waals surface area (Å²) in [5, 5.41) is 2.48. The first-order valence-corrected chi connectivity index (χ1v) is 9.71. The van der Waals surface area contributed by atoms with Crippen LogP contribution >= 0.6 is 11.8 Å². The first-order valence-electron chi connectivity index (χ1n) is 8.73. The molecule has 0 bridgehead atoms. The van der Waals surface area contributed by atoms with Crippen molar-refractivity contribution in [3.05, 3.63) is 42.5 Å². The number of benzene rings is 2. The highest BCUT2D eigenvalue weighted by atomic mass is 32.2. The minimum atomic E-state index is -0.655. The second-order valence-electron chi connectivity index (χ2n) is 6.99. The van der Waals surface area contributed by atoms with Gasteiger partial charge in [-0.1, -0.05) is 30.3 Å². The Bertz CT molecular complexity index is 756. The van der Waals surface area contributed by atoms with Crippen LogP contribution in [-0.4, -0.2) is 23.4 Å². The van der Waals surface area contributed by atoms with Gasteiger partial charge in [0.15, 0.2) is 0 Å². The van der Waals surface area contributed by atoms with E-state index in [1.165, 1.54) is 15.7 Å². The number of carbonyl (C=O) groups excluding carboxylic acids is 2. The summed E-state index contributed by atoms with van der Waals surface area (Å²) in [7, 11) is 0. The molecule has 2 aromatic rings.